The number of nitrogens with one attached hydrogen (secondary N) is 1. The van der Waals surface area contributed by atoms with Crippen molar-refractivity contribution < 1.29 is 14.2 Å². The first-order valence-corrected chi connectivity index (χ1v) is 7.81. The summed E-state index contributed by atoms with van der Waals surface area (Å²) in [5, 5.41) is 3.41. The zero-order valence-corrected chi connectivity index (χ0v) is 13.6. The number of para-hydroxylation sites is 1. The zero-order valence-electron chi connectivity index (χ0n) is 13.6. The average Bonchev–Trinajstić information content (AvgIpc) is 2.52. The van der Waals surface area contributed by atoms with E-state index in [4.69, 9.17) is 14.2 Å². The molecule has 0 heterocycles. The van der Waals surface area contributed by atoms with Gasteiger partial charge in [-0.1, -0.05) is 31.9 Å². The van der Waals surface area contributed by atoms with Crippen LogP contribution in [-0.2, 0) is 11.3 Å². The van der Waals surface area contributed by atoms with Crippen molar-refractivity contribution >= 4 is 0 Å². The van der Waals surface area contributed by atoms with Gasteiger partial charge in [0.25, 0.3) is 0 Å². The van der Waals surface area contributed by atoms with Crippen LogP contribution in [0.15, 0.2) is 18.2 Å². The molecule has 4 heteroatoms. The Bertz CT molecular complexity index is 382. The van der Waals surface area contributed by atoms with E-state index in [1.54, 1.807) is 14.2 Å². The predicted molar refractivity (Wildman–Crippen MR) is 86.2 cm³/mol. The van der Waals surface area contributed by atoms with Crippen molar-refractivity contribution in [2.24, 2.45) is 0 Å². The summed E-state index contributed by atoms with van der Waals surface area (Å²) < 4.78 is 16.4. The first kappa shape index (κ1) is 17.8. The summed E-state index contributed by atoms with van der Waals surface area (Å²) in [5.74, 6) is 1.68. The maximum absolute atomic E-state index is 5.95. The Kier molecular flexibility index (Phi) is 9.66. The molecule has 1 N–H and O–H groups in total. The Hall–Kier alpha value is -1.26. The van der Waals surface area contributed by atoms with E-state index in [1.807, 2.05) is 12.1 Å². The highest BCUT2D eigenvalue weighted by molar-refractivity contribution is 5.46. The van der Waals surface area contributed by atoms with Gasteiger partial charge in [-0.25, -0.2) is 0 Å². The molecule has 0 bridgehead atoms. The fourth-order valence-corrected chi connectivity index (χ4v) is 2.12. The number of unbranched alkanes of at least 4 members (excludes halogenated alkanes) is 2. The molecule has 0 aliphatic carbocycles. The third kappa shape index (κ3) is 6.82. The van der Waals surface area contributed by atoms with E-state index >= 15 is 0 Å². The van der Waals surface area contributed by atoms with Crippen LogP contribution in [0.2, 0.25) is 0 Å². The smallest absolute Gasteiger partial charge is 0.165 e. The van der Waals surface area contributed by atoms with Crippen molar-refractivity contribution in [3.8, 4) is 11.5 Å². The van der Waals surface area contributed by atoms with Crippen molar-refractivity contribution in [3.63, 3.8) is 0 Å². The van der Waals surface area contributed by atoms with Crippen molar-refractivity contribution in [2.75, 3.05) is 34.0 Å². The van der Waals surface area contributed by atoms with Crippen molar-refractivity contribution in [2.45, 2.75) is 39.2 Å². The van der Waals surface area contributed by atoms with Gasteiger partial charge in [0.1, 0.15) is 0 Å². The molecule has 0 spiro atoms. The second-order valence-electron chi connectivity index (χ2n) is 5.03. The number of rotatable bonds is 12. The maximum Gasteiger partial charge on any atom is 0.165 e. The SMILES string of the molecule is CCCCCOc1c(CNCCCOC)cccc1OC. The monoisotopic (exact) mass is 295 g/mol. The highest BCUT2D eigenvalue weighted by Gasteiger charge is 2.10. The average molecular weight is 295 g/mol. The summed E-state index contributed by atoms with van der Waals surface area (Å²) in [4.78, 5) is 0. The normalized spacial score (nSPS) is 10.6. The molecule has 0 aliphatic rings. The molecule has 1 rings (SSSR count). The molecule has 0 saturated carbocycles. The molecule has 0 aromatic heterocycles. The number of hydrogen-bond donors (Lipinski definition) is 1. The van der Waals surface area contributed by atoms with Gasteiger partial charge in [0, 0.05) is 25.8 Å². The lowest BCUT2D eigenvalue weighted by atomic mass is 10.1. The second-order valence-corrected chi connectivity index (χ2v) is 5.03. The van der Waals surface area contributed by atoms with Crippen LogP contribution >= 0.6 is 0 Å². The van der Waals surface area contributed by atoms with Gasteiger partial charge < -0.3 is 19.5 Å². The number of methoxy groups -OCH3 is 2. The Labute approximate surface area is 128 Å². The minimum Gasteiger partial charge on any atom is -0.493 e. The molecule has 0 atom stereocenters. The van der Waals surface area contributed by atoms with Crippen LogP contribution in [0, 0.1) is 0 Å². The molecule has 0 fully saturated rings. The summed E-state index contributed by atoms with van der Waals surface area (Å²) in [6, 6.07) is 6.04. The van der Waals surface area contributed by atoms with E-state index < -0.39 is 0 Å². The second kappa shape index (κ2) is 11.4. The largest absolute Gasteiger partial charge is 0.493 e. The van der Waals surface area contributed by atoms with Crippen molar-refractivity contribution in [1.82, 2.24) is 5.32 Å². The molecular weight excluding hydrogens is 266 g/mol. The third-order valence-electron chi connectivity index (χ3n) is 3.29. The lowest BCUT2D eigenvalue weighted by Gasteiger charge is -2.15. The van der Waals surface area contributed by atoms with E-state index in [9.17, 15) is 0 Å². The summed E-state index contributed by atoms with van der Waals surface area (Å²) >= 11 is 0. The first-order chi connectivity index (χ1) is 10.3. The molecule has 0 aliphatic heterocycles. The number of benzene rings is 1. The topological polar surface area (TPSA) is 39.7 Å². The Morgan fingerprint density at radius 3 is 2.62 bits per heavy atom. The van der Waals surface area contributed by atoms with Gasteiger partial charge in [-0.3, -0.25) is 0 Å². The Balaban J connectivity index is 2.55. The molecule has 0 saturated heterocycles. The van der Waals surface area contributed by atoms with E-state index in [0.29, 0.717) is 0 Å². The van der Waals surface area contributed by atoms with Gasteiger partial charge in [0.2, 0.25) is 0 Å². The van der Waals surface area contributed by atoms with Crippen LogP contribution in [0.4, 0.5) is 0 Å². The Morgan fingerprint density at radius 1 is 1.05 bits per heavy atom. The molecule has 1 aromatic carbocycles. The van der Waals surface area contributed by atoms with Crippen molar-refractivity contribution in [1.29, 1.82) is 0 Å². The summed E-state index contributed by atoms with van der Waals surface area (Å²) in [5.41, 5.74) is 1.14. The van der Waals surface area contributed by atoms with Crippen LogP contribution in [0.5, 0.6) is 11.5 Å². The van der Waals surface area contributed by atoms with Gasteiger partial charge >= 0.3 is 0 Å². The number of ether oxygens (including phenoxy) is 3. The fraction of sp³-hybridized carbons (Fsp3) is 0.647. The standard InChI is InChI=1S/C17H29NO3/c1-4-5-6-13-21-17-15(9-7-10-16(17)20-3)14-18-11-8-12-19-2/h7,9-10,18H,4-6,8,11-14H2,1-3H3. The highest BCUT2D eigenvalue weighted by atomic mass is 16.5. The van der Waals surface area contributed by atoms with Gasteiger partial charge in [-0.2, -0.15) is 0 Å². The minimum atomic E-state index is 0.741. The molecule has 120 valence electrons. The van der Waals surface area contributed by atoms with Crippen LogP contribution in [-0.4, -0.2) is 34.0 Å². The summed E-state index contributed by atoms with van der Waals surface area (Å²) in [6.07, 6.45) is 4.48. The minimum absolute atomic E-state index is 0.741. The van der Waals surface area contributed by atoms with Gasteiger partial charge in [-0.05, 0) is 25.5 Å². The first-order valence-electron chi connectivity index (χ1n) is 7.81. The van der Waals surface area contributed by atoms with Crippen LogP contribution in [0.1, 0.15) is 38.2 Å². The summed E-state index contributed by atoms with van der Waals surface area (Å²) in [6.45, 7) is 5.43. The Morgan fingerprint density at radius 2 is 1.90 bits per heavy atom. The number of hydrogen-bond acceptors (Lipinski definition) is 4. The van der Waals surface area contributed by atoms with E-state index in [2.05, 4.69) is 18.3 Å². The van der Waals surface area contributed by atoms with Gasteiger partial charge in [-0.15, -0.1) is 0 Å². The fourth-order valence-electron chi connectivity index (χ4n) is 2.12. The molecule has 0 radical (unpaired) electrons. The lowest BCUT2D eigenvalue weighted by Crippen LogP contribution is -2.17. The molecular formula is C17H29NO3. The lowest BCUT2D eigenvalue weighted by molar-refractivity contribution is 0.194. The predicted octanol–water partition coefficient (Wildman–Crippen LogP) is 3.39. The van der Waals surface area contributed by atoms with E-state index in [0.717, 1.165) is 56.2 Å². The molecule has 0 amide bonds. The highest BCUT2D eigenvalue weighted by Crippen LogP contribution is 2.31. The molecule has 4 nitrogen and oxygen atoms in total. The molecule has 21 heavy (non-hydrogen) atoms. The van der Waals surface area contributed by atoms with Crippen LogP contribution < -0.4 is 14.8 Å². The molecule has 0 unspecified atom stereocenters. The van der Waals surface area contributed by atoms with E-state index in [-0.39, 0.29) is 0 Å². The summed E-state index contributed by atoms with van der Waals surface area (Å²) in [7, 11) is 3.41. The zero-order chi connectivity index (χ0) is 15.3. The third-order valence-corrected chi connectivity index (χ3v) is 3.29. The van der Waals surface area contributed by atoms with Crippen LogP contribution in [0.25, 0.3) is 0 Å². The van der Waals surface area contributed by atoms with Crippen LogP contribution in [0.3, 0.4) is 0 Å². The van der Waals surface area contributed by atoms with Gasteiger partial charge in [0.05, 0.1) is 13.7 Å². The van der Waals surface area contributed by atoms with Gasteiger partial charge in [0.15, 0.2) is 11.5 Å². The van der Waals surface area contributed by atoms with Crippen molar-refractivity contribution in [3.05, 3.63) is 23.8 Å². The maximum atomic E-state index is 5.95. The quantitative estimate of drug-likeness (QED) is 0.600. The van der Waals surface area contributed by atoms with E-state index in [1.165, 1.54) is 12.8 Å². The molecule has 1 aromatic rings.